The van der Waals surface area contributed by atoms with Gasteiger partial charge in [0.25, 0.3) is 0 Å². The van der Waals surface area contributed by atoms with Crippen molar-refractivity contribution in [2.45, 2.75) is 52.0 Å². The molecule has 0 aromatic heterocycles. The van der Waals surface area contributed by atoms with Crippen molar-refractivity contribution in [3.63, 3.8) is 0 Å². The number of rotatable bonds is 14. The minimum atomic E-state index is -0.439. The largest absolute Gasteiger partial charge is 0.340 e. The van der Waals surface area contributed by atoms with E-state index < -0.39 is 6.04 Å². The highest BCUT2D eigenvalue weighted by atomic mass is 16.2. The minimum absolute atomic E-state index is 0.0529. The molecule has 1 aromatic carbocycles. The van der Waals surface area contributed by atoms with Crippen LogP contribution in [0.25, 0.3) is 0 Å². The lowest BCUT2D eigenvalue weighted by atomic mass is 10.1. The summed E-state index contributed by atoms with van der Waals surface area (Å²) in [6.07, 6.45) is 4.52. The molecular formula is C21H38N4O. The van der Waals surface area contributed by atoms with Crippen molar-refractivity contribution in [3.05, 3.63) is 35.9 Å². The summed E-state index contributed by atoms with van der Waals surface area (Å²) in [6.45, 7) is 8.27. The van der Waals surface area contributed by atoms with Crippen molar-refractivity contribution >= 4 is 5.91 Å². The van der Waals surface area contributed by atoms with Gasteiger partial charge in [0.05, 0.1) is 6.04 Å². The summed E-state index contributed by atoms with van der Waals surface area (Å²) in [4.78, 5) is 14.6. The van der Waals surface area contributed by atoms with E-state index in [1.807, 2.05) is 11.0 Å². The molecule has 0 aliphatic rings. The molecule has 0 heterocycles. The third kappa shape index (κ3) is 9.90. The SMILES string of the molecule is CC(C)CCNCCN(CCCc1ccccc1)C(=O)[C@H](N)CCCN. The number of nitrogens with zero attached hydrogens (tertiary/aromatic N) is 1. The topological polar surface area (TPSA) is 84.4 Å². The predicted octanol–water partition coefficient (Wildman–Crippen LogP) is 2.15. The van der Waals surface area contributed by atoms with Crippen LogP contribution in [-0.2, 0) is 11.2 Å². The maximum atomic E-state index is 12.7. The summed E-state index contributed by atoms with van der Waals surface area (Å²) in [5, 5.41) is 3.44. The molecule has 0 fully saturated rings. The number of nitrogens with two attached hydrogens (primary N) is 2. The summed E-state index contributed by atoms with van der Waals surface area (Å²) >= 11 is 0. The molecule has 1 atom stereocenters. The number of aryl methyl sites for hydroxylation is 1. The van der Waals surface area contributed by atoms with Crippen LogP contribution < -0.4 is 16.8 Å². The molecule has 148 valence electrons. The average molecular weight is 363 g/mol. The van der Waals surface area contributed by atoms with E-state index in [-0.39, 0.29) is 5.91 Å². The maximum Gasteiger partial charge on any atom is 0.239 e. The van der Waals surface area contributed by atoms with Crippen molar-refractivity contribution in [3.8, 4) is 0 Å². The number of benzene rings is 1. The van der Waals surface area contributed by atoms with Gasteiger partial charge in [0.15, 0.2) is 0 Å². The molecule has 0 saturated heterocycles. The second-order valence-electron chi connectivity index (χ2n) is 7.38. The monoisotopic (exact) mass is 362 g/mol. The van der Waals surface area contributed by atoms with Gasteiger partial charge in [-0.1, -0.05) is 44.2 Å². The first kappa shape index (κ1) is 22.6. The Bertz CT molecular complexity index is 478. The summed E-state index contributed by atoms with van der Waals surface area (Å²) in [5.74, 6) is 0.743. The maximum absolute atomic E-state index is 12.7. The molecule has 1 aromatic rings. The van der Waals surface area contributed by atoms with Crippen LogP contribution >= 0.6 is 0 Å². The van der Waals surface area contributed by atoms with E-state index in [9.17, 15) is 4.79 Å². The zero-order chi connectivity index (χ0) is 19.2. The number of hydrogen-bond donors (Lipinski definition) is 3. The Morgan fingerprint density at radius 1 is 1.08 bits per heavy atom. The molecule has 5 N–H and O–H groups in total. The fourth-order valence-electron chi connectivity index (χ4n) is 2.88. The van der Waals surface area contributed by atoms with Crippen LogP contribution in [0.2, 0.25) is 0 Å². The first-order valence-electron chi connectivity index (χ1n) is 10.0. The van der Waals surface area contributed by atoms with Crippen LogP contribution in [0.4, 0.5) is 0 Å². The van der Waals surface area contributed by atoms with Crippen LogP contribution in [0, 0.1) is 5.92 Å². The van der Waals surface area contributed by atoms with Gasteiger partial charge in [0, 0.05) is 19.6 Å². The molecule has 0 saturated carbocycles. The second kappa shape index (κ2) is 13.7. The standard InChI is InChI=1S/C21H38N4O/c1-18(2)12-14-24-15-17-25(21(26)20(23)11-6-13-22)16-7-10-19-8-4-3-5-9-19/h3-5,8-9,18,20,24H,6-7,10-17,22-23H2,1-2H3/t20-/m1/s1. The molecule has 0 unspecified atom stereocenters. The van der Waals surface area contributed by atoms with E-state index in [2.05, 4.69) is 43.4 Å². The Labute approximate surface area is 159 Å². The van der Waals surface area contributed by atoms with E-state index >= 15 is 0 Å². The zero-order valence-electron chi connectivity index (χ0n) is 16.6. The normalized spacial score (nSPS) is 12.3. The highest BCUT2D eigenvalue weighted by Crippen LogP contribution is 2.06. The van der Waals surface area contributed by atoms with Gasteiger partial charge >= 0.3 is 0 Å². The van der Waals surface area contributed by atoms with E-state index in [0.29, 0.717) is 25.4 Å². The molecule has 5 nitrogen and oxygen atoms in total. The van der Waals surface area contributed by atoms with Crippen molar-refractivity contribution < 1.29 is 4.79 Å². The Hall–Kier alpha value is -1.43. The van der Waals surface area contributed by atoms with Crippen LogP contribution in [-0.4, -0.2) is 49.6 Å². The number of hydrogen-bond acceptors (Lipinski definition) is 4. The number of amides is 1. The lowest BCUT2D eigenvalue weighted by Gasteiger charge is -2.26. The van der Waals surface area contributed by atoms with Crippen LogP contribution in [0.3, 0.4) is 0 Å². The zero-order valence-corrected chi connectivity index (χ0v) is 16.6. The Balaban J connectivity index is 2.46. The van der Waals surface area contributed by atoms with Gasteiger partial charge in [-0.3, -0.25) is 4.79 Å². The molecule has 0 aliphatic carbocycles. The van der Waals surface area contributed by atoms with Crippen LogP contribution in [0.15, 0.2) is 30.3 Å². The molecule has 0 bridgehead atoms. The van der Waals surface area contributed by atoms with Crippen molar-refractivity contribution in [1.82, 2.24) is 10.2 Å². The number of carbonyl (C=O) groups excluding carboxylic acids is 1. The molecule has 26 heavy (non-hydrogen) atoms. The van der Waals surface area contributed by atoms with E-state index in [0.717, 1.165) is 45.3 Å². The third-order valence-corrected chi connectivity index (χ3v) is 4.54. The van der Waals surface area contributed by atoms with E-state index in [1.165, 1.54) is 5.56 Å². The third-order valence-electron chi connectivity index (χ3n) is 4.54. The molecule has 0 spiro atoms. The Morgan fingerprint density at radius 2 is 1.81 bits per heavy atom. The first-order chi connectivity index (χ1) is 12.5. The van der Waals surface area contributed by atoms with E-state index in [4.69, 9.17) is 11.5 Å². The molecule has 0 radical (unpaired) electrons. The molecule has 1 rings (SSSR count). The minimum Gasteiger partial charge on any atom is -0.340 e. The average Bonchev–Trinajstić information content (AvgIpc) is 2.64. The van der Waals surface area contributed by atoms with Gasteiger partial charge in [-0.05, 0) is 56.7 Å². The van der Waals surface area contributed by atoms with Gasteiger partial charge < -0.3 is 21.7 Å². The van der Waals surface area contributed by atoms with Gasteiger partial charge in [-0.2, -0.15) is 0 Å². The molecule has 5 heteroatoms. The second-order valence-corrected chi connectivity index (χ2v) is 7.38. The quantitative estimate of drug-likeness (QED) is 0.443. The first-order valence-corrected chi connectivity index (χ1v) is 10.0. The van der Waals surface area contributed by atoms with Crippen LogP contribution in [0.5, 0.6) is 0 Å². The number of carbonyl (C=O) groups is 1. The fourth-order valence-corrected chi connectivity index (χ4v) is 2.88. The fraction of sp³-hybridized carbons (Fsp3) is 0.667. The van der Waals surface area contributed by atoms with Crippen LogP contribution in [0.1, 0.15) is 45.1 Å². The predicted molar refractivity (Wildman–Crippen MR) is 110 cm³/mol. The van der Waals surface area contributed by atoms with Gasteiger partial charge in [0.1, 0.15) is 0 Å². The lowest BCUT2D eigenvalue weighted by Crippen LogP contribution is -2.46. The summed E-state index contributed by atoms with van der Waals surface area (Å²) in [5.41, 5.74) is 12.9. The molecular weight excluding hydrogens is 324 g/mol. The molecule has 0 aliphatic heterocycles. The van der Waals surface area contributed by atoms with Gasteiger partial charge in [-0.25, -0.2) is 0 Å². The van der Waals surface area contributed by atoms with Crippen molar-refractivity contribution in [2.75, 3.05) is 32.7 Å². The van der Waals surface area contributed by atoms with Crippen molar-refractivity contribution in [1.29, 1.82) is 0 Å². The number of nitrogens with one attached hydrogen (secondary N) is 1. The summed E-state index contributed by atoms with van der Waals surface area (Å²) < 4.78 is 0. The molecule has 1 amide bonds. The van der Waals surface area contributed by atoms with Crippen molar-refractivity contribution in [2.24, 2.45) is 17.4 Å². The summed E-state index contributed by atoms with van der Waals surface area (Å²) in [7, 11) is 0. The van der Waals surface area contributed by atoms with Gasteiger partial charge in [0.2, 0.25) is 5.91 Å². The van der Waals surface area contributed by atoms with E-state index in [1.54, 1.807) is 0 Å². The highest BCUT2D eigenvalue weighted by Gasteiger charge is 2.20. The van der Waals surface area contributed by atoms with Gasteiger partial charge in [-0.15, -0.1) is 0 Å². The summed E-state index contributed by atoms with van der Waals surface area (Å²) in [6, 6.07) is 9.96. The Morgan fingerprint density at radius 3 is 2.46 bits per heavy atom. The smallest absolute Gasteiger partial charge is 0.239 e. The Kier molecular flexibility index (Phi) is 11.9. The lowest BCUT2D eigenvalue weighted by molar-refractivity contribution is -0.132. The highest BCUT2D eigenvalue weighted by molar-refractivity contribution is 5.81.